The molecule has 19 heavy (non-hydrogen) atoms. The van der Waals surface area contributed by atoms with Gasteiger partial charge in [0.2, 0.25) is 10.0 Å². The number of nitro benzene ring substituents is 1. The van der Waals surface area contributed by atoms with Gasteiger partial charge in [-0.25, -0.2) is 13.1 Å². The van der Waals surface area contributed by atoms with Crippen LogP contribution in [0.25, 0.3) is 0 Å². The van der Waals surface area contributed by atoms with E-state index in [-0.39, 0.29) is 21.6 Å². The molecule has 1 aliphatic rings. The van der Waals surface area contributed by atoms with Crippen molar-refractivity contribution >= 4 is 27.3 Å². The monoisotopic (exact) mass is 306 g/mol. The summed E-state index contributed by atoms with van der Waals surface area (Å²) in [5.41, 5.74) is -0.349. The fourth-order valence-electron chi connectivity index (χ4n) is 1.78. The standard InChI is InChI=1S/C10H11ClN2O5S/c11-9-2-1-7(13(15)16)5-10(9)19(17,18)12-6-3-8(14)4-6/h1-2,5-6,8,12,14H,3-4H2. The van der Waals surface area contributed by atoms with Gasteiger partial charge in [0.25, 0.3) is 5.69 Å². The van der Waals surface area contributed by atoms with Gasteiger partial charge in [0.1, 0.15) is 4.90 Å². The second kappa shape index (κ2) is 5.04. The Bertz CT molecular complexity index is 612. The van der Waals surface area contributed by atoms with Gasteiger partial charge in [0.15, 0.2) is 0 Å². The Hall–Kier alpha value is -1.22. The van der Waals surface area contributed by atoms with Crippen molar-refractivity contribution in [2.45, 2.75) is 29.9 Å². The Kier molecular flexibility index (Phi) is 3.77. The molecule has 0 atom stereocenters. The van der Waals surface area contributed by atoms with Crippen molar-refractivity contribution in [2.24, 2.45) is 0 Å². The number of halogens is 1. The minimum Gasteiger partial charge on any atom is -0.393 e. The number of nitrogens with one attached hydrogen (secondary N) is 1. The summed E-state index contributed by atoms with van der Waals surface area (Å²) in [6.45, 7) is 0. The van der Waals surface area contributed by atoms with Crippen LogP contribution in [0.3, 0.4) is 0 Å². The molecule has 0 amide bonds. The van der Waals surface area contributed by atoms with Crippen LogP contribution in [0.2, 0.25) is 5.02 Å². The third-order valence-corrected chi connectivity index (χ3v) is 4.85. The lowest BCUT2D eigenvalue weighted by Gasteiger charge is -2.31. The minimum absolute atomic E-state index is 0.0852. The zero-order valence-corrected chi connectivity index (χ0v) is 11.2. The highest BCUT2D eigenvalue weighted by molar-refractivity contribution is 7.89. The third-order valence-electron chi connectivity index (χ3n) is 2.85. The van der Waals surface area contributed by atoms with E-state index >= 15 is 0 Å². The molecule has 1 aromatic rings. The molecule has 7 nitrogen and oxygen atoms in total. The van der Waals surface area contributed by atoms with E-state index in [2.05, 4.69) is 4.72 Å². The lowest BCUT2D eigenvalue weighted by Crippen LogP contribution is -2.46. The topological polar surface area (TPSA) is 110 Å². The van der Waals surface area contributed by atoms with E-state index in [9.17, 15) is 18.5 Å². The highest BCUT2D eigenvalue weighted by Crippen LogP contribution is 2.28. The van der Waals surface area contributed by atoms with Crippen molar-refractivity contribution in [3.05, 3.63) is 33.3 Å². The van der Waals surface area contributed by atoms with Gasteiger partial charge >= 0.3 is 0 Å². The molecule has 9 heteroatoms. The number of non-ortho nitro benzene ring substituents is 1. The van der Waals surface area contributed by atoms with Crippen molar-refractivity contribution in [3.8, 4) is 0 Å². The minimum atomic E-state index is -3.93. The van der Waals surface area contributed by atoms with Crippen LogP contribution in [-0.2, 0) is 10.0 Å². The van der Waals surface area contributed by atoms with Crippen LogP contribution in [0.1, 0.15) is 12.8 Å². The fourth-order valence-corrected chi connectivity index (χ4v) is 3.56. The molecule has 0 bridgehead atoms. The summed E-state index contributed by atoms with van der Waals surface area (Å²) in [6, 6.07) is 2.85. The van der Waals surface area contributed by atoms with E-state index in [1.807, 2.05) is 0 Å². The quantitative estimate of drug-likeness (QED) is 0.638. The fraction of sp³-hybridized carbons (Fsp3) is 0.400. The molecule has 2 N–H and O–H groups in total. The summed E-state index contributed by atoms with van der Waals surface area (Å²) < 4.78 is 26.4. The van der Waals surface area contributed by atoms with Crippen LogP contribution in [0.15, 0.2) is 23.1 Å². The molecule has 0 spiro atoms. The summed E-state index contributed by atoms with van der Waals surface area (Å²) >= 11 is 5.77. The van der Waals surface area contributed by atoms with E-state index in [0.717, 1.165) is 12.1 Å². The maximum Gasteiger partial charge on any atom is 0.270 e. The molecule has 1 aromatic carbocycles. The van der Waals surface area contributed by atoms with Crippen molar-refractivity contribution in [3.63, 3.8) is 0 Å². The molecule has 0 heterocycles. The number of aliphatic hydroxyl groups is 1. The van der Waals surface area contributed by atoms with E-state index in [1.165, 1.54) is 6.07 Å². The lowest BCUT2D eigenvalue weighted by atomic mass is 9.91. The zero-order valence-electron chi connectivity index (χ0n) is 9.61. The molecule has 1 aliphatic carbocycles. The average Bonchev–Trinajstić information content (AvgIpc) is 2.26. The van der Waals surface area contributed by atoms with Gasteiger partial charge < -0.3 is 5.11 Å². The average molecular weight is 307 g/mol. The maximum absolute atomic E-state index is 12.0. The number of sulfonamides is 1. The molecular weight excluding hydrogens is 296 g/mol. The maximum atomic E-state index is 12.0. The normalized spacial score (nSPS) is 22.8. The molecule has 104 valence electrons. The van der Waals surface area contributed by atoms with Crippen LogP contribution in [0, 0.1) is 10.1 Å². The second-order valence-electron chi connectivity index (χ2n) is 4.32. The van der Waals surface area contributed by atoms with Gasteiger partial charge in [0, 0.05) is 18.2 Å². The summed E-state index contributed by atoms with van der Waals surface area (Å²) in [4.78, 5) is 9.62. The molecule has 1 saturated carbocycles. The number of aliphatic hydroxyl groups excluding tert-OH is 1. The molecule has 0 saturated heterocycles. The first-order valence-corrected chi connectivity index (χ1v) is 7.30. The van der Waals surface area contributed by atoms with Crippen LogP contribution >= 0.6 is 11.6 Å². The number of benzene rings is 1. The van der Waals surface area contributed by atoms with Crippen molar-refractivity contribution in [1.29, 1.82) is 0 Å². The van der Waals surface area contributed by atoms with Crippen molar-refractivity contribution in [1.82, 2.24) is 4.72 Å². The van der Waals surface area contributed by atoms with E-state index < -0.39 is 21.1 Å². The molecule has 1 fully saturated rings. The summed E-state index contributed by atoms with van der Waals surface area (Å²) in [5.74, 6) is 0. The number of hydrogen-bond acceptors (Lipinski definition) is 5. The summed E-state index contributed by atoms with van der Waals surface area (Å²) in [7, 11) is -3.93. The number of hydrogen-bond donors (Lipinski definition) is 2. The Morgan fingerprint density at radius 2 is 2.05 bits per heavy atom. The van der Waals surface area contributed by atoms with Crippen LogP contribution < -0.4 is 4.72 Å². The smallest absolute Gasteiger partial charge is 0.270 e. The summed E-state index contributed by atoms with van der Waals surface area (Å²) in [6.07, 6.45) is 0.144. The van der Waals surface area contributed by atoms with Crippen molar-refractivity contribution in [2.75, 3.05) is 0 Å². The van der Waals surface area contributed by atoms with E-state index in [1.54, 1.807) is 0 Å². The van der Waals surface area contributed by atoms with Crippen molar-refractivity contribution < 1.29 is 18.4 Å². The highest BCUT2D eigenvalue weighted by atomic mass is 35.5. The second-order valence-corrected chi connectivity index (χ2v) is 6.40. The Morgan fingerprint density at radius 1 is 1.42 bits per heavy atom. The van der Waals surface area contributed by atoms with Gasteiger partial charge in [-0.1, -0.05) is 11.6 Å². The molecule has 0 unspecified atom stereocenters. The Morgan fingerprint density at radius 3 is 2.58 bits per heavy atom. The molecule has 0 aliphatic heterocycles. The van der Waals surface area contributed by atoms with Crippen LogP contribution in [0.4, 0.5) is 5.69 Å². The highest BCUT2D eigenvalue weighted by Gasteiger charge is 2.32. The Balaban J connectivity index is 2.29. The van der Waals surface area contributed by atoms with Gasteiger partial charge in [-0.15, -0.1) is 0 Å². The molecule has 0 aromatic heterocycles. The van der Waals surface area contributed by atoms with Gasteiger partial charge in [-0.2, -0.15) is 0 Å². The van der Waals surface area contributed by atoms with Crippen LogP contribution in [0.5, 0.6) is 0 Å². The first-order chi connectivity index (χ1) is 8.79. The number of rotatable bonds is 4. The lowest BCUT2D eigenvalue weighted by molar-refractivity contribution is -0.385. The number of nitrogens with zero attached hydrogens (tertiary/aromatic N) is 1. The number of nitro groups is 1. The van der Waals surface area contributed by atoms with E-state index in [4.69, 9.17) is 16.7 Å². The third kappa shape index (κ3) is 3.03. The van der Waals surface area contributed by atoms with Gasteiger partial charge in [-0.3, -0.25) is 10.1 Å². The predicted octanol–water partition coefficient (Wildman–Crippen LogP) is 1.05. The first-order valence-electron chi connectivity index (χ1n) is 5.44. The Labute approximate surface area is 114 Å². The molecule has 0 radical (unpaired) electrons. The zero-order chi connectivity index (χ0) is 14.2. The summed E-state index contributed by atoms with van der Waals surface area (Å²) in [5, 5.41) is 19.7. The van der Waals surface area contributed by atoms with E-state index in [0.29, 0.717) is 12.8 Å². The SMILES string of the molecule is O=[N+]([O-])c1ccc(Cl)c(S(=O)(=O)NC2CC(O)C2)c1. The first kappa shape index (κ1) is 14.2. The largest absolute Gasteiger partial charge is 0.393 e. The van der Waals surface area contributed by atoms with Gasteiger partial charge in [0.05, 0.1) is 16.0 Å². The van der Waals surface area contributed by atoms with Gasteiger partial charge in [-0.05, 0) is 18.9 Å². The molecular formula is C10H11ClN2O5S. The molecule has 2 rings (SSSR count). The predicted molar refractivity (Wildman–Crippen MR) is 67.5 cm³/mol. The van der Waals surface area contributed by atoms with Crippen LogP contribution in [-0.4, -0.2) is 30.6 Å².